The van der Waals surface area contributed by atoms with E-state index in [2.05, 4.69) is 27.5 Å². The zero-order valence-corrected chi connectivity index (χ0v) is 10.6. The topological polar surface area (TPSA) is 76.7 Å². The summed E-state index contributed by atoms with van der Waals surface area (Å²) in [4.78, 5) is 11.3. The normalized spacial score (nSPS) is 12.1. The Morgan fingerprint density at radius 1 is 1.50 bits per heavy atom. The largest absolute Gasteiger partial charge is 0.465 e. The van der Waals surface area contributed by atoms with Gasteiger partial charge in [0.15, 0.2) is 5.11 Å². The molecule has 0 aromatic rings. The fourth-order valence-corrected chi connectivity index (χ4v) is 1.88. The van der Waals surface area contributed by atoms with Gasteiger partial charge in [-0.25, -0.2) is 4.79 Å². The van der Waals surface area contributed by atoms with Gasteiger partial charge < -0.3 is 10.5 Å². The highest BCUT2D eigenvalue weighted by Gasteiger charge is 2.29. The lowest BCUT2D eigenvalue weighted by Crippen LogP contribution is -2.42. The summed E-state index contributed by atoms with van der Waals surface area (Å²) in [5.74, 6) is -0.437. The maximum Gasteiger partial charge on any atom is 0.349 e. The smallest absolute Gasteiger partial charge is 0.349 e. The monoisotopic (exact) mass is 233 g/mol. The second kappa shape index (κ2) is 5.06. The van der Waals surface area contributed by atoms with Crippen molar-refractivity contribution in [3.63, 3.8) is 0 Å². The Balaban J connectivity index is 4.82. The van der Waals surface area contributed by atoms with E-state index in [-0.39, 0.29) is 5.11 Å². The van der Waals surface area contributed by atoms with E-state index in [0.29, 0.717) is 5.33 Å². The molecule has 0 amide bonds. The van der Waals surface area contributed by atoms with Gasteiger partial charge in [0.2, 0.25) is 0 Å². The summed E-state index contributed by atoms with van der Waals surface area (Å²) in [6.07, 6.45) is 0. The van der Waals surface area contributed by atoms with E-state index in [4.69, 9.17) is 5.73 Å². The van der Waals surface area contributed by atoms with Gasteiger partial charge in [0.05, 0.1) is 7.11 Å². The fraction of sp³-hybridized carbons (Fsp3) is 0.571. The first-order chi connectivity index (χ1) is 6.29. The molecule has 0 aromatic heterocycles. The van der Waals surface area contributed by atoms with E-state index in [9.17, 15) is 4.79 Å². The van der Waals surface area contributed by atoms with Crippen molar-refractivity contribution >= 4 is 36.7 Å². The van der Waals surface area contributed by atoms with E-state index >= 15 is 0 Å². The molecule has 0 heterocycles. The predicted octanol–water partition coefficient (Wildman–Crippen LogP) is 0.226. The van der Waals surface area contributed by atoms with Crippen molar-refractivity contribution in [1.29, 1.82) is 0 Å². The number of hydrogen-bond donors (Lipinski definition) is 2. The predicted molar refractivity (Wildman–Crippen MR) is 62.7 cm³/mol. The van der Waals surface area contributed by atoms with Crippen LogP contribution in [0.5, 0.6) is 0 Å². The van der Waals surface area contributed by atoms with Gasteiger partial charge in [0, 0.05) is 0 Å². The molecule has 0 aromatic carbocycles. The second-order valence-electron chi connectivity index (χ2n) is 3.68. The molecule has 0 saturated carbocycles. The Morgan fingerprint density at radius 3 is 2.29 bits per heavy atom. The van der Waals surface area contributed by atoms with E-state index in [0.717, 1.165) is 0 Å². The number of esters is 1. The lowest BCUT2D eigenvalue weighted by Gasteiger charge is -2.16. The fourth-order valence-electron chi connectivity index (χ4n) is 0.727. The summed E-state index contributed by atoms with van der Waals surface area (Å²) >= 11 is 4.58. The second-order valence-corrected chi connectivity index (χ2v) is 9.09. The molecule has 5 nitrogen and oxygen atoms in total. The maximum atomic E-state index is 11.3. The molecular formula is C7H15N3O2SSi. The molecule has 0 spiro atoms. The van der Waals surface area contributed by atoms with Crippen LogP contribution in [0.2, 0.25) is 19.6 Å². The Bertz CT molecular complexity index is 273. The molecule has 3 N–H and O–H groups in total. The lowest BCUT2D eigenvalue weighted by atomic mass is 10.7. The minimum atomic E-state index is -1.84. The first-order valence-electron chi connectivity index (χ1n) is 4.01. The first kappa shape index (κ1) is 13.0. The quantitative estimate of drug-likeness (QED) is 0.240. The molecule has 0 saturated heterocycles. The van der Waals surface area contributed by atoms with Gasteiger partial charge in [-0.3, -0.25) is 5.43 Å². The van der Waals surface area contributed by atoms with Gasteiger partial charge in [0.1, 0.15) is 13.4 Å². The van der Waals surface area contributed by atoms with Gasteiger partial charge >= 0.3 is 5.97 Å². The molecule has 0 aliphatic carbocycles. The third-order valence-electron chi connectivity index (χ3n) is 1.37. The molecule has 0 fully saturated rings. The van der Waals surface area contributed by atoms with Crippen molar-refractivity contribution in [1.82, 2.24) is 5.43 Å². The van der Waals surface area contributed by atoms with Gasteiger partial charge in [-0.2, -0.15) is 5.10 Å². The molecular weight excluding hydrogens is 218 g/mol. The number of hydrazone groups is 1. The summed E-state index contributed by atoms with van der Waals surface area (Å²) in [5, 5.41) is 4.27. The number of nitrogens with zero attached hydrogens (tertiary/aromatic N) is 1. The van der Waals surface area contributed by atoms with Crippen LogP contribution in [-0.2, 0) is 9.53 Å². The number of nitrogens with two attached hydrogens (primary N) is 1. The number of nitrogens with one attached hydrogen (secondary N) is 1. The summed E-state index contributed by atoms with van der Waals surface area (Å²) in [6, 6.07) is 0. The van der Waals surface area contributed by atoms with Crippen molar-refractivity contribution in [2.75, 3.05) is 7.11 Å². The van der Waals surface area contributed by atoms with Crippen LogP contribution in [0.4, 0.5) is 0 Å². The molecule has 7 heteroatoms. The molecule has 0 unspecified atom stereocenters. The summed E-state index contributed by atoms with van der Waals surface area (Å²) in [7, 11) is -0.522. The molecule has 0 atom stereocenters. The van der Waals surface area contributed by atoms with E-state index in [1.807, 2.05) is 19.6 Å². The molecule has 0 bridgehead atoms. The number of ether oxygens (including phenoxy) is 1. The Labute approximate surface area is 89.7 Å². The van der Waals surface area contributed by atoms with Gasteiger partial charge in [-0.1, -0.05) is 19.6 Å². The number of thiocarbonyl (C=S) groups is 1. The van der Waals surface area contributed by atoms with Crippen LogP contribution < -0.4 is 11.2 Å². The van der Waals surface area contributed by atoms with Crippen molar-refractivity contribution in [2.24, 2.45) is 10.8 Å². The standard InChI is InChI=1S/C7H15N3O2SSi/c1-12-6(11)5(14(2,3)4)9-10-7(8)13/h1-4H3,(H3,8,10,13)/b9-5-. The molecule has 14 heavy (non-hydrogen) atoms. The van der Waals surface area contributed by atoms with Crippen molar-refractivity contribution in [3.8, 4) is 0 Å². The zero-order valence-electron chi connectivity index (χ0n) is 8.75. The highest BCUT2D eigenvalue weighted by atomic mass is 32.1. The average Bonchev–Trinajstić information content (AvgIpc) is 2.01. The van der Waals surface area contributed by atoms with E-state index in [1.165, 1.54) is 7.11 Å². The van der Waals surface area contributed by atoms with Crippen LogP contribution in [0, 0.1) is 0 Å². The van der Waals surface area contributed by atoms with Crippen LogP contribution >= 0.6 is 12.2 Å². The van der Waals surface area contributed by atoms with Crippen LogP contribution in [0.3, 0.4) is 0 Å². The van der Waals surface area contributed by atoms with Gasteiger partial charge in [-0.05, 0) is 12.2 Å². The molecule has 0 aliphatic heterocycles. The summed E-state index contributed by atoms with van der Waals surface area (Å²) < 4.78 is 4.61. The summed E-state index contributed by atoms with van der Waals surface area (Å²) in [5.41, 5.74) is 7.60. The van der Waals surface area contributed by atoms with Crippen LogP contribution in [-0.4, -0.2) is 31.6 Å². The number of carbonyl (C=O) groups is 1. The SMILES string of the molecule is COC(=O)/C(=N/NC(N)=S)[Si](C)(C)C. The molecule has 0 aliphatic rings. The molecule has 80 valence electrons. The highest BCUT2D eigenvalue weighted by Crippen LogP contribution is 2.05. The van der Waals surface area contributed by atoms with Gasteiger partial charge in [0.25, 0.3) is 0 Å². The number of methoxy groups -OCH3 is 1. The number of carbonyl (C=O) groups excluding carboxylic acids is 1. The number of hydrogen-bond acceptors (Lipinski definition) is 4. The molecule has 0 rings (SSSR count). The Kier molecular flexibility index (Phi) is 4.71. The highest BCUT2D eigenvalue weighted by molar-refractivity contribution is 7.80. The van der Waals surface area contributed by atoms with Gasteiger partial charge in [-0.15, -0.1) is 0 Å². The maximum absolute atomic E-state index is 11.3. The van der Waals surface area contributed by atoms with Crippen molar-refractivity contribution in [2.45, 2.75) is 19.6 Å². The number of rotatable bonds is 3. The van der Waals surface area contributed by atoms with Crippen LogP contribution in [0.15, 0.2) is 5.10 Å². The van der Waals surface area contributed by atoms with E-state index < -0.39 is 14.0 Å². The first-order valence-corrected chi connectivity index (χ1v) is 7.91. The third-order valence-corrected chi connectivity index (χ3v) is 3.20. The van der Waals surface area contributed by atoms with E-state index in [1.54, 1.807) is 0 Å². The van der Waals surface area contributed by atoms with Crippen molar-refractivity contribution in [3.05, 3.63) is 0 Å². The minimum Gasteiger partial charge on any atom is -0.465 e. The average molecular weight is 233 g/mol. The minimum absolute atomic E-state index is 0.0321. The third kappa shape index (κ3) is 4.33. The zero-order chi connectivity index (χ0) is 11.4. The Hall–Kier alpha value is -0.953. The summed E-state index contributed by atoms with van der Waals surface area (Å²) in [6.45, 7) is 5.93. The van der Waals surface area contributed by atoms with Crippen LogP contribution in [0.1, 0.15) is 0 Å². The molecule has 0 radical (unpaired) electrons. The lowest BCUT2D eigenvalue weighted by molar-refractivity contribution is -0.132. The Morgan fingerprint density at radius 2 is 2.00 bits per heavy atom. The van der Waals surface area contributed by atoms with Crippen molar-refractivity contribution < 1.29 is 9.53 Å². The van der Waals surface area contributed by atoms with Crippen LogP contribution in [0.25, 0.3) is 0 Å².